The Morgan fingerprint density at radius 1 is 1.08 bits per heavy atom. The summed E-state index contributed by atoms with van der Waals surface area (Å²) in [5.74, 6) is -1.64. The van der Waals surface area contributed by atoms with Gasteiger partial charge in [-0.25, -0.2) is 4.98 Å². The fourth-order valence-electron chi connectivity index (χ4n) is 2.50. The number of nitrogens with zero attached hydrogens (tertiary/aromatic N) is 2. The van der Waals surface area contributed by atoms with Gasteiger partial charge in [-0.2, -0.15) is 0 Å². The van der Waals surface area contributed by atoms with Gasteiger partial charge < -0.3 is 9.84 Å². The Bertz CT molecular complexity index is 880. The molecule has 0 bridgehead atoms. The van der Waals surface area contributed by atoms with E-state index in [1.54, 1.807) is 17.0 Å². The number of hydrogen-bond acceptors (Lipinski definition) is 4. The first-order valence-electron chi connectivity index (χ1n) is 7.54. The number of esters is 1. The van der Waals surface area contributed by atoms with E-state index in [0.29, 0.717) is 6.54 Å². The van der Waals surface area contributed by atoms with Crippen LogP contribution in [0.25, 0.3) is 10.8 Å². The van der Waals surface area contributed by atoms with Crippen molar-refractivity contribution in [1.29, 1.82) is 0 Å². The Kier molecular flexibility index (Phi) is 4.56. The van der Waals surface area contributed by atoms with E-state index in [9.17, 15) is 9.59 Å². The Balaban J connectivity index is 1.78. The van der Waals surface area contributed by atoms with Crippen LogP contribution in [0.1, 0.15) is 18.4 Å². The van der Waals surface area contributed by atoms with Crippen LogP contribution in [0.2, 0.25) is 0 Å². The Labute approximate surface area is 138 Å². The average Bonchev–Trinajstić information content (AvgIpc) is 3.00. The van der Waals surface area contributed by atoms with Crippen molar-refractivity contribution in [3.63, 3.8) is 0 Å². The zero-order valence-electron chi connectivity index (χ0n) is 12.9. The number of ether oxygens (including phenoxy) is 1. The van der Waals surface area contributed by atoms with Crippen molar-refractivity contribution < 1.29 is 19.4 Å². The zero-order valence-corrected chi connectivity index (χ0v) is 12.9. The van der Waals surface area contributed by atoms with Crippen molar-refractivity contribution in [2.45, 2.75) is 19.4 Å². The van der Waals surface area contributed by atoms with Gasteiger partial charge in [0, 0.05) is 12.4 Å². The topological polar surface area (TPSA) is 81.4 Å². The van der Waals surface area contributed by atoms with Gasteiger partial charge >= 0.3 is 17.9 Å². The van der Waals surface area contributed by atoms with Crippen LogP contribution < -0.4 is 4.74 Å². The number of benzene rings is 2. The molecule has 0 aliphatic carbocycles. The molecule has 0 radical (unpaired) electrons. The van der Waals surface area contributed by atoms with E-state index in [1.165, 1.54) is 0 Å². The highest BCUT2D eigenvalue weighted by Gasteiger charge is 2.13. The highest BCUT2D eigenvalue weighted by atomic mass is 16.5. The smallest absolute Gasteiger partial charge is 0.314 e. The number of rotatable bonds is 6. The van der Waals surface area contributed by atoms with Crippen LogP contribution in [0.15, 0.2) is 54.9 Å². The molecule has 0 spiro atoms. The van der Waals surface area contributed by atoms with Crippen molar-refractivity contribution in [3.05, 3.63) is 60.4 Å². The number of carboxylic acid groups (broad SMARTS) is 1. The van der Waals surface area contributed by atoms with E-state index in [2.05, 4.69) is 4.98 Å². The molecule has 1 aromatic heterocycles. The lowest BCUT2D eigenvalue weighted by atomic mass is 10.0. The SMILES string of the molecule is O=C(O)CCC(=O)Oc1nccn1Cc1cccc2ccccc12. The van der Waals surface area contributed by atoms with Crippen LogP contribution in [-0.4, -0.2) is 26.6 Å². The molecule has 6 heteroatoms. The van der Waals surface area contributed by atoms with Gasteiger partial charge in [-0.3, -0.25) is 14.2 Å². The third-order valence-corrected chi connectivity index (χ3v) is 3.65. The molecule has 1 heterocycles. The van der Waals surface area contributed by atoms with Gasteiger partial charge in [-0.05, 0) is 16.3 Å². The van der Waals surface area contributed by atoms with E-state index in [0.717, 1.165) is 16.3 Å². The lowest BCUT2D eigenvalue weighted by Gasteiger charge is -2.10. The third kappa shape index (κ3) is 3.60. The number of fused-ring (bicyclic) bond motifs is 1. The summed E-state index contributed by atoms with van der Waals surface area (Å²) in [7, 11) is 0. The Hall–Kier alpha value is -3.15. The standard InChI is InChI=1S/C18H16N2O4/c21-16(22)8-9-17(23)24-18-19-10-11-20(18)12-14-6-3-5-13-4-1-2-7-15(13)14/h1-7,10-11H,8-9,12H2,(H,21,22). The molecule has 0 aliphatic rings. The first-order valence-corrected chi connectivity index (χ1v) is 7.54. The lowest BCUT2D eigenvalue weighted by molar-refractivity contribution is -0.142. The molecule has 2 aromatic carbocycles. The molecule has 24 heavy (non-hydrogen) atoms. The molecule has 6 nitrogen and oxygen atoms in total. The number of aromatic nitrogens is 2. The maximum Gasteiger partial charge on any atom is 0.314 e. The molecular formula is C18H16N2O4. The zero-order chi connectivity index (χ0) is 16.9. The summed E-state index contributed by atoms with van der Waals surface area (Å²) in [6.07, 6.45) is 2.83. The van der Waals surface area contributed by atoms with Crippen LogP contribution in [-0.2, 0) is 16.1 Å². The fraction of sp³-hybridized carbons (Fsp3) is 0.167. The van der Waals surface area contributed by atoms with Crippen LogP contribution in [0.4, 0.5) is 0 Å². The molecular weight excluding hydrogens is 308 g/mol. The minimum atomic E-state index is -1.04. The van der Waals surface area contributed by atoms with Crippen LogP contribution in [0.5, 0.6) is 6.01 Å². The van der Waals surface area contributed by atoms with E-state index >= 15 is 0 Å². The second kappa shape index (κ2) is 6.95. The number of hydrogen-bond donors (Lipinski definition) is 1. The monoisotopic (exact) mass is 324 g/mol. The van der Waals surface area contributed by atoms with Crippen molar-refractivity contribution >= 4 is 22.7 Å². The van der Waals surface area contributed by atoms with Crippen molar-refractivity contribution in [1.82, 2.24) is 9.55 Å². The summed E-state index contributed by atoms with van der Waals surface area (Å²) < 4.78 is 6.89. The third-order valence-electron chi connectivity index (χ3n) is 3.65. The van der Waals surface area contributed by atoms with Gasteiger partial charge in [0.1, 0.15) is 0 Å². The molecule has 0 atom stereocenters. The first kappa shape index (κ1) is 15.7. The maximum atomic E-state index is 11.7. The summed E-state index contributed by atoms with van der Waals surface area (Å²) >= 11 is 0. The quantitative estimate of drug-likeness (QED) is 0.705. The van der Waals surface area contributed by atoms with Crippen LogP contribution in [0, 0.1) is 0 Å². The first-order chi connectivity index (χ1) is 11.6. The highest BCUT2D eigenvalue weighted by Crippen LogP contribution is 2.21. The summed E-state index contributed by atoms with van der Waals surface area (Å²) in [6, 6.07) is 14.2. The summed E-state index contributed by atoms with van der Waals surface area (Å²) in [4.78, 5) is 26.2. The number of carbonyl (C=O) groups excluding carboxylic acids is 1. The second-order valence-corrected chi connectivity index (χ2v) is 5.34. The minimum absolute atomic E-state index is 0.165. The maximum absolute atomic E-state index is 11.7. The van der Waals surface area contributed by atoms with Crippen LogP contribution in [0.3, 0.4) is 0 Å². The Morgan fingerprint density at radius 3 is 2.71 bits per heavy atom. The second-order valence-electron chi connectivity index (χ2n) is 5.34. The Morgan fingerprint density at radius 2 is 1.88 bits per heavy atom. The molecule has 0 saturated heterocycles. The van der Waals surface area contributed by atoms with Crippen molar-refractivity contribution in [2.75, 3.05) is 0 Å². The normalized spacial score (nSPS) is 10.7. The average molecular weight is 324 g/mol. The number of carboxylic acids is 1. The summed E-state index contributed by atoms with van der Waals surface area (Å²) in [5, 5.41) is 10.9. The van der Waals surface area contributed by atoms with E-state index in [-0.39, 0.29) is 18.9 Å². The number of imidazole rings is 1. The van der Waals surface area contributed by atoms with Gasteiger partial charge in [0.25, 0.3) is 0 Å². The van der Waals surface area contributed by atoms with Gasteiger partial charge in [-0.15, -0.1) is 0 Å². The molecule has 0 aliphatic heterocycles. The molecule has 3 rings (SSSR count). The minimum Gasteiger partial charge on any atom is -0.481 e. The number of carbonyl (C=O) groups is 2. The van der Waals surface area contributed by atoms with E-state index < -0.39 is 11.9 Å². The highest BCUT2D eigenvalue weighted by molar-refractivity contribution is 5.85. The molecule has 0 fully saturated rings. The van der Waals surface area contributed by atoms with Gasteiger partial charge in [0.05, 0.1) is 19.4 Å². The molecule has 1 N–H and O–H groups in total. The lowest BCUT2D eigenvalue weighted by Crippen LogP contribution is -2.14. The summed E-state index contributed by atoms with van der Waals surface area (Å²) in [5.41, 5.74) is 1.08. The summed E-state index contributed by atoms with van der Waals surface area (Å²) in [6.45, 7) is 0.503. The predicted octanol–water partition coefficient (Wildman–Crippen LogP) is 2.85. The van der Waals surface area contributed by atoms with Crippen molar-refractivity contribution in [2.24, 2.45) is 0 Å². The van der Waals surface area contributed by atoms with Gasteiger partial charge in [0.2, 0.25) is 0 Å². The predicted molar refractivity (Wildman–Crippen MR) is 87.8 cm³/mol. The molecule has 0 amide bonds. The molecule has 0 saturated carbocycles. The molecule has 3 aromatic rings. The fourth-order valence-corrected chi connectivity index (χ4v) is 2.50. The van der Waals surface area contributed by atoms with E-state index in [1.807, 2.05) is 42.5 Å². The van der Waals surface area contributed by atoms with Crippen molar-refractivity contribution in [3.8, 4) is 6.01 Å². The molecule has 0 unspecified atom stereocenters. The van der Waals surface area contributed by atoms with E-state index in [4.69, 9.17) is 9.84 Å². The largest absolute Gasteiger partial charge is 0.481 e. The van der Waals surface area contributed by atoms with Gasteiger partial charge in [0.15, 0.2) is 0 Å². The molecule has 122 valence electrons. The van der Waals surface area contributed by atoms with Gasteiger partial charge in [-0.1, -0.05) is 42.5 Å². The van der Waals surface area contributed by atoms with Crippen LogP contribution >= 0.6 is 0 Å². The number of aliphatic carboxylic acids is 1.